The monoisotopic (exact) mass is 379 g/mol. The number of anilines is 1. The summed E-state index contributed by atoms with van der Waals surface area (Å²) in [5, 5.41) is 0.815. The third-order valence-corrected chi connectivity index (χ3v) is 5.25. The van der Waals surface area contributed by atoms with Crippen LogP contribution >= 0.6 is 0 Å². The van der Waals surface area contributed by atoms with Crippen molar-refractivity contribution in [1.82, 2.24) is 14.0 Å². The second-order valence-electron chi connectivity index (χ2n) is 6.85. The van der Waals surface area contributed by atoms with Gasteiger partial charge in [-0.1, -0.05) is 24.3 Å². The zero-order valence-electron chi connectivity index (χ0n) is 15.1. The van der Waals surface area contributed by atoms with Crippen LogP contribution < -0.4 is 4.90 Å². The van der Waals surface area contributed by atoms with Gasteiger partial charge in [0.15, 0.2) is 0 Å². The fraction of sp³-hybridized carbons (Fsp3) is 0. The maximum absolute atomic E-state index is 13.3. The van der Waals surface area contributed by atoms with Crippen molar-refractivity contribution >= 4 is 52.0 Å². The van der Waals surface area contributed by atoms with Crippen LogP contribution in [0.1, 0.15) is 11.3 Å². The summed E-state index contributed by atoms with van der Waals surface area (Å²) in [6, 6.07) is 11.3. The number of hydrogen-bond donors (Lipinski definition) is 0. The van der Waals surface area contributed by atoms with Crippen LogP contribution in [0.5, 0.6) is 0 Å². The van der Waals surface area contributed by atoms with Gasteiger partial charge in [0.2, 0.25) is 0 Å². The van der Waals surface area contributed by atoms with E-state index in [2.05, 4.69) is 9.98 Å². The molecule has 0 atom stereocenters. The highest BCUT2D eigenvalue weighted by Crippen LogP contribution is 2.36. The molecule has 0 unspecified atom stereocenters. The Labute approximate surface area is 164 Å². The minimum absolute atomic E-state index is 0.329. The lowest BCUT2D eigenvalue weighted by Gasteiger charge is -2.14. The molecular weight excluding hydrogens is 366 g/mol. The van der Waals surface area contributed by atoms with E-state index < -0.39 is 0 Å². The number of hydrogen-bond acceptors (Lipinski definition) is 4. The number of para-hydroxylation sites is 1. The van der Waals surface area contributed by atoms with Crippen LogP contribution in [0.25, 0.3) is 28.3 Å². The maximum atomic E-state index is 13.3. The van der Waals surface area contributed by atoms with E-state index >= 15 is 0 Å². The summed E-state index contributed by atoms with van der Waals surface area (Å²) < 4.78 is 3.69. The molecule has 0 saturated carbocycles. The van der Waals surface area contributed by atoms with Crippen LogP contribution in [0.3, 0.4) is 0 Å². The number of carbonyl (C=O) groups is 2. The van der Waals surface area contributed by atoms with Gasteiger partial charge in [0.05, 0.1) is 28.7 Å². The van der Waals surface area contributed by atoms with E-state index in [1.807, 2.05) is 53.4 Å². The fourth-order valence-electron chi connectivity index (χ4n) is 3.97. The highest BCUT2D eigenvalue weighted by atomic mass is 16.2. The summed E-state index contributed by atoms with van der Waals surface area (Å²) in [5.41, 5.74) is 4.03. The van der Waals surface area contributed by atoms with Crippen LogP contribution in [0, 0.1) is 0 Å². The van der Waals surface area contributed by atoms with Crippen LogP contribution in [0.2, 0.25) is 0 Å². The summed E-state index contributed by atoms with van der Waals surface area (Å²) in [6.07, 6.45) is 11.9. The van der Waals surface area contributed by atoms with E-state index in [1.165, 1.54) is 11.0 Å². The molecule has 4 aromatic rings. The first-order valence-corrected chi connectivity index (χ1v) is 9.08. The highest BCUT2D eigenvalue weighted by Gasteiger charge is 2.36. The molecule has 6 rings (SSSR count). The van der Waals surface area contributed by atoms with E-state index in [1.54, 1.807) is 29.2 Å². The average Bonchev–Trinajstić information content (AvgIpc) is 3.34. The SMILES string of the molecule is O=C1C=C(c2cnc3ccccn23)C(=O)N1c1cn2c3c(cccc13)C=NC=C2. The number of benzene rings is 1. The number of aromatic nitrogens is 3. The van der Waals surface area contributed by atoms with Gasteiger partial charge in [-0.3, -0.25) is 19.0 Å². The maximum Gasteiger partial charge on any atom is 0.267 e. The normalized spacial score (nSPS) is 15.6. The van der Waals surface area contributed by atoms with Gasteiger partial charge in [-0.05, 0) is 12.1 Å². The smallest absolute Gasteiger partial charge is 0.267 e. The zero-order valence-corrected chi connectivity index (χ0v) is 15.1. The van der Waals surface area contributed by atoms with Crippen LogP contribution in [0.4, 0.5) is 5.69 Å². The molecule has 2 aliphatic heterocycles. The van der Waals surface area contributed by atoms with Crippen molar-refractivity contribution in [2.45, 2.75) is 0 Å². The van der Waals surface area contributed by atoms with Crippen molar-refractivity contribution in [3.05, 3.63) is 78.5 Å². The first-order valence-electron chi connectivity index (χ1n) is 9.08. The number of amides is 2. The number of rotatable bonds is 2. The van der Waals surface area contributed by atoms with Gasteiger partial charge in [-0.15, -0.1) is 0 Å². The van der Waals surface area contributed by atoms with E-state index in [0.29, 0.717) is 17.0 Å². The lowest BCUT2D eigenvalue weighted by molar-refractivity contribution is -0.119. The number of imidazole rings is 1. The van der Waals surface area contributed by atoms with Gasteiger partial charge in [0.1, 0.15) is 5.65 Å². The Kier molecular flexibility index (Phi) is 3.05. The Morgan fingerprint density at radius 3 is 2.86 bits per heavy atom. The Hall–Kier alpha value is -4.26. The number of nitrogens with zero attached hydrogens (tertiary/aromatic N) is 5. The molecule has 0 N–H and O–H groups in total. The molecule has 0 fully saturated rings. The van der Waals surface area contributed by atoms with Crippen molar-refractivity contribution < 1.29 is 9.59 Å². The van der Waals surface area contributed by atoms with E-state index in [4.69, 9.17) is 0 Å². The highest BCUT2D eigenvalue weighted by molar-refractivity contribution is 6.44. The third-order valence-electron chi connectivity index (χ3n) is 5.25. The van der Waals surface area contributed by atoms with Crippen molar-refractivity contribution in [3.63, 3.8) is 0 Å². The number of fused-ring (bicyclic) bond motifs is 1. The Bertz CT molecular complexity index is 1450. The predicted molar refractivity (Wildman–Crippen MR) is 111 cm³/mol. The number of pyridine rings is 1. The van der Waals surface area contributed by atoms with E-state index in [9.17, 15) is 9.59 Å². The van der Waals surface area contributed by atoms with Crippen molar-refractivity contribution in [3.8, 4) is 0 Å². The molecule has 0 saturated heterocycles. The molecule has 2 amide bonds. The van der Waals surface area contributed by atoms with Crippen molar-refractivity contribution in [2.24, 2.45) is 4.99 Å². The second-order valence-corrected chi connectivity index (χ2v) is 6.85. The lowest BCUT2D eigenvalue weighted by atomic mass is 10.1. The second kappa shape index (κ2) is 5.62. The number of imide groups is 1. The fourth-order valence-corrected chi connectivity index (χ4v) is 3.97. The molecule has 0 spiro atoms. The number of aliphatic imine (C=N–C) groups is 1. The minimum Gasteiger partial charge on any atom is -0.319 e. The van der Waals surface area contributed by atoms with Crippen molar-refractivity contribution in [1.29, 1.82) is 0 Å². The summed E-state index contributed by atoms with van der Waals surface area (Å²) >= 11 is 0. The standard InChI is InChI=1S/C22H13N5O2/c28-20-10-16(17-12-24-19-6-1-2-8-26(17)19)22(29)27(20)18-13-25-9-7-23-11-14-4-3-5-15(18)21(14)25/h1-13H. The predicted octanol–water partition coefficient (Wildman–Crippen LogP) is 3.11. The van der Waals surface area contributed by atoms with Gasteiger partial charge in [0.25, 0.3) is 11.8 Å². The first kappa shape index (κ1) is 15.8. The Morgan fingerprint density at radius 1 is 1.00 bits per heavy atom. The van der Waals surface area contributed by atoms with Gasteiger partial charge in [0, 0.05) is 48.0 Å². The first-order chi connectivity index (χ1) is 14.2. The molecule has 3 aromatic heterocycles. The molecule has 0 aliphatic carbocycles. The van der Waals surface area contributed by atoms with E-state index in [-0.39, 0.29) is 11.8 Å². The quantitative estimate of drug-likeness (QED) is 0.503. The summed E-state index contributed by atoms with van der Waals surface area (Å²) in [4.78, 5) is 36.0. The summed E-state index contributed by atoms with van der Waals surface area (Å²) in [5.74, 6) is -0.727. The Balaban J connectivity index is 1.51. The molecular formula is C22H13N5O2. The molecule has 7 heteroatoms. The summed E-state index contributed by atoms with van der Waals surface area (Å²) in [7, 11) is 0. The molecule has 7 nitrogen and oxygen atoms in total. The summed E-state index contributed by atoms with van der Waals surface area (Å²) in [6.45, 7) is 0. The minimum atomic E-state index is -0.366. The van der Waals surface area contributed by atoms with Gasteiger partial charge in [-0.25, -0.2) is 9.88 Å². The van der Waals surface area contributed by atoms with Crippen LogP contribution in [-0.2, 0) is 9.59 Å². The number of carbonyl (C=O) groups excluding carboxylic acids is 2. The Morgan fingerprint density at radius 2 is 1.93 bits per heavy atom. The zero-order chi connectivity index (χ0) is 19.5. The van der Waals surface area contributed by atoms with Gasteiger partial charge in [-0.2, -0.15) is 0 Å². The van der Waals surface area contributed by atoms with Gasteiger partial charge < -0.3 is 4.57 Å². The lowest BCUT2D eigenvalue weighted by Crippen LogP contribution is -2.30. The molecule has 0 radical (unpaired) electrons. The molecule has 1 aromatic carbocycles. The van der Waals surface area contributed by atoms with Crippen molar-refractivity contribution in [2.75, 3.05) is 4.90 Å². The average molecular weight is 379 g/mol. The van der Waals surface area contributed by atoms with E-state index in [0.717, 1.165) is 22.1 Å². The topological polar surface area (TPSA) is 72.0 Å². The van der Waals surface area contributed by atoms with Crippen LogP contribution in [-0.4, -0.2) is 32.0 Å². The molecule has 2 aliphatic rings. The molecule has 29 heavy (non-hydrogen) atoms. The molecule has 5 heterocycles. The molecule has 138 valence electrons. The van der Waals surface area contributed by atoms with Crippen LogP contribution in [0.15, 0.2) is 72.3 Å². The third kappa shape index (κ3) is 2.12. The van der Waals surface area contributed by atoms with Gasteiger partial charge >= 0.3 is 0 Å². The molecule has 0 bridgehead atoms. The largest absolute Gasteiger partial charge is 0.319 e.